The molecule has 2 aromatic rings. The molecule has 0 aliphatic carbocycles. The number of aromatic nitrogens is 1. The quantitative estimate of drug-likeness (QED) is 0.655. The third-order valence-corrected chi connectivity index (χ3v) is 6.70. The first-order chi connectivity index (χ1) is 13.2. The first kappa shape index (κ1) is 18.6. The summed E-state index contributed by atoms with van der Waals surface area (Å²) in [6.07, 6.45) is 2.91. The van der Waals surface area contributed by atoms with Gasteiger partial charge in [-0.15, -0.1) is 0 Å². The number of benzene rings is 1. The standard InChI is InChI=1S/C20H22BrN3O2S/c1-4-13-11-27-20-23-17(15-7-5-6-8-22-15)18(24(13)20)14-9-12(21)10-16(25-2)19(14)26-3/h5-10,13,17-18H,4,11H2,1-3H3/t13-,17+,18+/m0/s1. The van der Waals surface area contributed by atoms with Crippen LogP contribution in [0.3, 0.4) is 0 Å². The maximum atomic E-state index is 5.79. The summed E-state index contributed by atoms with van der Waals surface area (Å²) in [6.45, 7) is 2.23. The van der Waals surface area contributed by atoms with Crippen LogP contribution >= 0.6 is 27.7 Å². The summed E-state index contributed by atoms with van der Waals surface area (Å²) in [6, 6.07) is 10.5. The predicted molar refractivity (Wildman–Crippen MR) is 113 cm³/mol. The van der Waals surface area contributed by atoms with E-state index in [1.165, 1.54) is 0 Å². The van der Waals surface area contributed by atoms with Gasteiger partial charge in [-0.3, -0.25) is 9.98 Å². The average molecular weight is 448 g/mol. The van der Waals surface area contributed by atoms with Crippen molar-refractivity contribution in [1.82, 2.24) is 9.88 Å². The number of ether oxygens (including phenoxy) is 2. The predicted octanol–water partition coefficient (Wildman–Crippen LogP) is 4.84. The summed E-state index contributed by atoms with van der Waals surface area (Å²) in [5.41, 5.74) is 2.04. The molecule has 4 rings (SSSR count). The third-order valence-electron chi connectivity index (χ3n) is 5.12. The van der Waals surface area contributed by atoms with Gasteiger partial charge in [0, 0.05) is 28.0 Å². The van der Waals surface area contributed by atoms with Gasteiger partial charge >= 0.3 is 0 Å². The van der Waals surface area contributed by atoms with Crippen LogP contribution in [0.1, 0.15) is 36.7 Å². The van der Waals surface area contributed by atoms with E-state index in [2.05, 4.69) is 44.9 Å². The number of pyridine rings is 1. The zero-order valence-corrected chi connectivity index (χ0v) is 18.0. The van der Waals surface area contributed by atoms with Gasteiger partial charge in [-0.1, -0.05) is 40.7 Å². The van der Waals surface area contributed by atoms with Crippen molar-refractivity contribution >= 4 is 32.9 Å². The highest BCUT2D eigenvalue weighted by molar-refractivity contribution is 9.10. The molecule has 2 aliphatic heterocycles. The lowest BCUT2D eigenvalue weighted by atomic mass is 9.94. The van der Waals surface area contributed by atoms with E-state index in [-0.39, 0.29) is 12.1 Å². The fourth-order valence-corrected chi connectivity index (χ4v) is 5.66. The minimum atomic E-state index is -0.0732. The molecule has 1 aromatic carbocycles. The second kappa shape index (κ2) is 7.72. The number of hydrogen-bond acceptors (Lipinski definition) is 6. The summed E-state index contributed by atoms with van der Waals surface area (Å²) in [4.78, 5) is 12.1. The van der Waals surface area contributed by atoms with Crippen LogP contribution in [0.4, 0.5) is 0 Å². The van der Waals surface area contributed by atoms with Crippen molar-refractivity contribution in [1.29, 1.82) is 0 Å². The number of amidine groups is 1. The Kier molecular flexibility index (Phi) is 5.32. The van der Waals surface area contributed by atoms with E-state index in [0.29, 0.717) is 6.04 Å². The maximum Gasteiger partial charge on any atom is 0.166 e. The van der Waals surface area contributed by atoms with Crippen LogP contribution < -0.4 is 9.47 Å². The van der Waals surface area contributed by atoms with Crippen LogP contribution in [-0.4, -0.2) is 41.1 Å². The molecule has 1 fully saturated rings. The van der Waals surface area contributed by atoms with E-state index in [1.54, 1.807) is 14.2 Å². The molecule has 5 nitrogen and oxygen atoms in total. The Bertz CT molecular complexity index is 862. The van der Waals surface area contributed by atoms with Gasteiger partial charge in [0.05, 0.1) is 26.0 Å². The Labute approximate surface area is 172 Å². The summed E-state index contributed by atoms with van der Waals surface area (Å²) in [7, 11) is 3.36. The monoisotopic (exact) mass is 447 g/mol. The molecule has 2 aliphatic rings. The summed E-state index contributed by atoms with van der Waals surface area (Å²) < 4.78 is 12.3. The van der Waals surface area contributed by atoms with Crippen molar-refractivity contribution in [3.8, 4) is 11.5 Å². The van der Waals surface area contributed by atoms with Gasteiger partial charge in [0.2, 0.25) is 0 Å². The van der Waals surface area contributed by atoms with Gasteiger partial charge in [-0.2, -0.15) is 0 Å². The molecule has 0 N–H and O–H groups in total. The second-order valence-corrected chi connectivity index (χ2v) is 8.47. The summed E-state index contributed by atoms with van der Waals surface area (Å²) in [5, 5.41) is 1.10. The number of halogens is 1. The lowest BCUT2D eigenvalue weighted by molar-refractivity contribution is 0.246. The number of fused-ring (bicyclic) bond motifs is 1. The van der Waals surface area contributed by atoms with E-state index < -0.39 is 0 Å². The molecule has 1 saturated heterocycles. The Balaban J connectivity index is 1.88. The Hall–Kier alpha value is -1.73. The maximum absolute atomic E-state index is 5.79. The molecule has 142 valence electrons. The SMILES string of the molecule is CC[C@H]1CSC2=N[C@H](c3ccccn3)[C@@H](c3cc(Br)cc(OC)c3OC)N21. The Morgan fingerprint density at radius 2 is 2.11 bits per heavy atom. The normalized spacial score (nSPS) is 23.9. The molecule has 0 saturated carbocycles. The fraction of sp³-hybridized carbons (Fsp3) is 0.400. The molecular weight excluding hydrogens is 426 g/mol. The topological polar surface area (TPSA) is 47.0 Å². The summed E-state index contributed by atoms with van der Waals surface area (Å²) >= 11 is 5.47. The van der Waals surface area contributed by atoms with Crippen molar-refractivity contribution in [2.24, 2.45) is 4.99 Å². The minimum absolute atomic E-state index is 0.0243. The third kappa shape index (κ3) is 3.21. The van der Waals surface area contributed by atoms with E-state index in [1.807, 2.05) is 36.2 Å². The van der Waals surface area contributed by atoms with Gasteiger partial charge in [-0.05, 0) is 30.7 Å². The van der Waals surface area contributed by atoms with E-state index >= 15 is 0 Å². The zero-order chi connectivity index (χ0) is 19.0. The number of thioether (sulfide) groups is 1. The number of hydrogen-bond donors (Lipinski definition) is 0. The molecule has 1 aromatic heterocycles. The van der Waals surface area contributed by atoms with Gasteiger partial charge in [0.25, 0.3) is 0 Å². The van der Waals surface area contributed by atoms with E-state index in [4.69, 9.17) is 14.5 Å². The van der Waals surface area contributed by atoms with Crippen molar-refractivity contribution in [2.45, 2.75) is 31.5 Å². The van der Waals surface area contributed by atoms with Crippen LogP contribution in [0.2, 0.25) is 0 Å². The van der Waals surface area contributed by atoms with Crippen LogP contribution in [0, 0.1) is 0 Å². The average Bonchev–Trinajstić information content (AvgIpc) is 3.26. The van der Waals surface area contributed by atoms with Crippen molar-refractivity contribution in [2.75, 3.05) is 20.0 Å². The fourth-order valence-electron chi connectivity index (χ4n) is 3.87. The van der Waals surface area contributed by atoms with Gasteiger partial charge < -0.3 is 14.4 Å². The lowest BCUT2D eigenvalue weighted by Gasteiger charge is -2.33. The van der Waals surface area contributed by atoms with E-state index in [0.717, 1.165) is 44.6 Å². The molecule has 0 bridgehead atoms. The second-order valence-electron chi connectivity index (χ2n) is 6.57. The highest BCUT2D eigenvalue weighted by atomic mass is 79.9. The van der Waals surface area contributed by atoms with Crippen molar-refractivity contribution in [3.63, 3.8) is 0 Å². The Morgan fingerprint density at radius 1 is 1.26 bits per heavy atom. The van der Waals surface area contributed by atoms with Crippen molar-refractivity contribution in [3.05, 3.63) is 52.3 Å². The Morgan fingerprint density at radius 3 is 2.78 bits per heavy atom. The van der Waals surface area contributed by atoms with Gasteiger partial charge in [0.15, 0.2) is 16.7 Å². The van der Waals surface area contributed by atoms with Crippen LogP contribution in [-0.2, 0) is 0 Å². The molecule has 3 heterocycles. The van der Waals surface area contributed by atoms with Crippen molar-refractivity contribution < 1.29 is 9.47 Å². The van der Waals surface area contributed by atoms with E-state index in [9.17, 15) is 0 Å². The zero-order valence-electron chi connectivity index (χ0n) is 15.6. The molecular formula is C20H22BrN3O2S. The first-order valence-corrected chi connectivity index (χ1v) is 10.8. The molecule has 3 atom stereocenters. The molecule has 0 radical (unpaired) electrons. The molecule has 27 heavy (non-hydrogen) atoms. The van der Waals surface area contributed by atoms with Gasteiger partial charge in [-0.25, -0.2) is 0 Å². The van der Waals surface area contributed by atoms with Gasteiger partial charge in [0.1, 0.15) is 6.04 Å². The molecule has 0 amide bonds. The number of nitrogens with zero attached hydrogens (tertiary/aromatic N) is 3. The first-order valence-electron chi connectivity index (χ1n) is 8.99. The molecule has 0 spiro atoms. The molecule has 0 unspecified atom stereocenters. The largest absolute Gasteiger partial charge is 0.493 e. The number of rotatable bonds is 5. The smallest absolute Gasteiger partial charge is 0.166 e. The highest BCUT2D eigenvalue weighted by Crippen LogP contribution is 2.52. The lowest BCUT2D eigenvalue weighted by Crippen LogP contribution is -2.35. The van der Waals surface area contributed by atoms with Crippen LogP contribution in [0.25, 0.3) is 0 Å². The highest BCUT2D eigenvalue weighted by Gasteiger charge is 2.46. The van der Waals surface area contributed by atoms with Crippen LogP contribution in [0.5, 0.6) is 11.5 Å². The summed E-state index contributed by atoms with van der Waals surface area (Å²) in [5.74, 6) is 2.54. The minimum Gasteiger partial charge on any atom is -0.493 e. The number of aliphatic imine (C=N–C) groups is 1. The van der Waals surface area contributed by atoms with Crippen LogP contribution in [0.15, 0.2) is 46.0 Å². The number of methoxy groups -OCH3 is 2. The molecule has 7 heteroatoms.